The van der Waals surface area contributed by atoms with Gasteiger partial charge in [0.2, 0.25) is 5.91 Å². The van der Waals surface area contributed by atoms with Gasteiger partial charge in [-0.25, -0.2) is 13.2 Å². The first-order valence-electron chi connectivity index (χ1n) is 4.75. The van der Waals surface area contributed by atoms with Gasteiger partial charge in [-0.3, -0.25) is 4.79 Å². The maximum Gasteiger partial charge on any atom is 0.334 e. The molecule has 0 saturated carbocycles. The molecule has 100 valence electrons. The van der Waals surface area contributed by atoms with Crippen LogP contribution in [-0.2, 0) is 19.4 Å². The van der Waals surface area contributed by atoms with Gasteiger partial charge < -0.3 is 21.3 Å². The average molecular weight is 268 g/mol. The molecule has 2 atom stereocenters. The average Bonchev–Trinajstić information content (AvgIpc) is 2.20. The van der Waals surface area contributed by atoms with E-state index >= 15 is 0 Å². The van der Waals surface area contributed by atoms with Crippen molar-refractivity contribution in [2.75, 3.05) is 18.6 Å². The third-order valence-electron chi connectivity index (χ3n) is 1.89. The second-order valence-electron chi connectivity index (χ2n) is 3.62. The van der Waals surface area contributed by atoms with E-state index in [1.807, 2.05) is 0 Å². The van der Waals surface area contributed by atoms with Gasteiger partial charge in [0.25, 0.3) is 0 Å². The minimum atomic E-state index is -3.20. The minimum Gasteiger partial charge on any atom is -0.479 e. The van der Waals surface area contributed by atoms with Crippen LogP contribution >= 0.6 is 0 Å². The monoisotopic (exact) mass is 268 g/mol. The quantitative estimate of drug-likeness (QED) is 0.393. The van der Waals surface area contributed by atoms with Crippen molar-refractivity contribution >= 4 is 21.7 Å². The molecule has 0 bridgehead atoms. The van der Waals surface area contributed by atoms with Gasteiger partial charge in [-0.1, -0.05) is 0 Å². The highest BCUT2D eigenvalue weighted by Crippen LogP contribution is 1.94. The largest absolute Gasteiger partial charge is 0.479 e. The summed E-state index contributed by atoms with van der Waals surface area (Å²) in [5.41, 5.74) is 5.38. The Labute approximate surface area is 98.7 Å². The molecular formula is C8H16N2O6S. The molecule has 0 spiro atoms. The zero-order valence-corrected chi connectivity index (χ0v) is 10.1. The molecule has 0 aromatic rings. The van der Waals surface area contributed by atoms with E-state index in [9.17, 15) is 18.0 Å². The lowest BCUT2D eigenvalue weighted by molar-refractivity contribution is -0.146. The van der Waals surface area contributed by atoms with Gasteiger partial charge in [-0.15, -0.1) is 0 Å². The molecular weight excluding hydrogens is 252 g/mol. The van der Waals surface area contributed by atoms with Crippen molar-refractivity contribution in [3.63, 3.8) is 0 Å². The van der Waals surface area contributed by atoms with E-state index in [-0.39, 0.29) is 12.2 Å². The topological polar surface area (TPSA) is 147 Å². The zero-order valence-electron chi connectivity index (χ0n) is 9.29. The maximum atomic E-state index is 11.3. The molecule has 0 aliphatic heterocycles. The SMILES string of the molecule is CS(=O)(=O)CCC(N)C(=O)NCC(O)C(=O)O. The second-order valence-corrected chi connectivity index (χ2v) is 5.88. The Hall–Kier alpha value is -1.19. The van der Waals surface area contributed by atoms with Crippen molar-refractivity contribution in [2.45, 2.75) is 18.6 Å². The van der Waals surface area contributed by atoms with Crippen LogP contribution < -0.4 is 11.1 Å². The Bertz CT molecular complexity index is 379. The summed E-state index contributed by atoms with van der Waals surface area (Å²) in [6.45, 7) is -0.471. The lowest BCUT2D eigenvalue weighted by Crippen LogP contribution is -2.45. The predicted octanol–water partition coefficient (Wildman–Crippen LogP) is -2.69. The van der Waals surface area contributed by atoms with Crippen LogP contribution in [-0.4, -0.2) is 61.2 Å². The fraction of sp³-hybridized carbons (Fsp3) is 0.750. The van der Waals surface area contributed by atoms with Gasteiger partial charge in [0.1, 0.15) is 9.84 Å². The van der Waals surface area contributed by atoms with Crippen LogP contribution in [0.25, 0.3) is 0 Å². The molecule has 0 fully saturated rings. The van der Waals surface area contributed by atoms with Gasteiger partial charge in [0, 0.05) is 6.26 Å². The number of nitrogens with one attached hydrogen (secondary N) is 1. The van der Waals surface area contributed by atoms with Crippen molar-refractivity contribution in [3.05, 3.63) is 0 Å². The summed E-state index contributed by atoms with van der Waals surface area (Å²) in [4.78, 5) is 21.5. The van der Waals surface area contributed by atoms with Gasteiger partial charge >= 0.3 is 5.97 Å². The van der Waals surface area contributed by atoms with Crippen LogP contribution in [0.15, 0.2) is 0 Å². The molecule has 9 heteroatoms. The van der Waals surface area contributed by atoms with Crippen LogP contribution in [0.1, 0.15) is 6.42 Å². The number of rotatable bonds is 7. The number of carboxylic acids is 1. The molecule has 0 aromatic heterocycles. The molecule has 17 heavy (non-hydrogen) atoms. The predicted molar refractivity (Wildman–Crippen MR) is 59.0 cm³/mol. The molecule has 0 saturated heterocycles. The Morgan fingerprint density at radius 1 is 1.41 bits per heavy atom. The van der Waals surface area contributed by atoms with Gasteiger partial charge in [0.05, 0.1) is 18.3 Å². The number of carboxylic acid groups (broad SMARTS) is 1. The van der Waals surface area contributed by atoms with Crippen molar-refractivity contribution in [1.82, 2.24) is 5.32 Å². The van der Waals surface area contributed by atoms with E-state index < -0.39 is 40.4 Å². The van der Waals surface area contributed by atoms with E-state index in [4.69, 9.17) is 15.9 Å². The van der Waals surface area contributed by atoms with Gasteiger partial charge in [-0.05, 0) is 6.42 Å². The van der Waals surface area contributed by atoms with E-state index in [1.54, 1.807) is 0 Å². The number of aliphatic hydroxyl groups excluding tert-OH is 1. The Morgan fingerprint density at radius 3 is 2.35 bits per heavy atom. The third kappa shape index (κ3) is 7.66. The normalized spacial score (nSPS) is 15.0. The number of aliphatic carboxylic acids is 1. The fourth-order valence-corrected chi connectivity index (χ4v) is 1.57. The Kier molecular flexibility index (Phi) is 6.07. The number of carbonyl (C=O) groups is 2. The molecule has 5 N–H and O–H groups in total. The summed E-state index contributed by atoms with van der Waals surface area (Å²) >= 11 is 0. The maximum absolute atomic E-state index is 11.3. The summed E-state index contributed by atoms with van der Waals surface area (Å²) in [7, 11) is -3.20. The van der Waals surface area contributed by atoms with Crippen molar-refractivity contribution in [2.24, 2.45) is 5.73 Å². The first-order chi connectivity index (χ1) is 7.63. The van der Waals surface area contributed by atoms with E-state index in [0.717, 1.165) is 6.26 Å². The molecule has 8 nitrogen and oxygen atoms in total. The summed E-state index contributed by atoms with van der Waals surface area (Å²) < 4.78 is 21.6. The Balaban J connectivity index is 4.03. The highest BCUT2D eigenvalue weighted by Gasteiger charge is 2.19. The van der Waals surface area contributed by atoms with E-state index in [2.05, 4.69) is 5.32 Å². The number of hydrogen-bond acceptors (Lipinski definition) is 6. The first kappa shape index (κ1) is 15.8. The van der Waals surface area contributed by atoms with E-state index in [1.165, 1.54) is 0 Å². The van der Waals surface area contributed by atoms with Crippen LogP contribution in [0.3, 0.4) is 0 Å². The van der Waals surface area contributed by atoms with Crippen molar-refractivity contribution in [3.8, 4) is 0 Å². The lowest BCUT2D eigenvalue weighted by Gasteiger charge is -2.12. The fourth-order valence-electron chi connectivity index (χ4n) is 0.888. The molecule has 0 heterocycles. The molecule has 0 rings (SSSR count). The zero-order chi connectivity index (χ0) is 13.6. The summed E-state index contributed by atoms with van der Waals surface area (Å²) in [5, 5.41) is 19.3. The highest BCUT2D eigenvalue weighted by atomic mass is 32.2. The molecule has 1 amide bonds. The van der Waals surface area contributed by atoms with Gasteiger partial charge in [-0.2, -0.15) is 0 Å². The minimum absolute atomic E-state index is 0.0617. The van der Waals surface area contributed by atoms with Crippen LogP contribution in [0.5, 0.6) is 0 Å². The molecule has 0 radical (unpaired) electrons. The first-order valence-corrected chi connectivity index (χ1v) is 6.81. The van der Waals surface area contributed by atoms with Gasteiger partial charge in [0.15, 0.2) is 6.10 Å². The van der Waals surface area contributed by atoms with Crippen LogP contribution in [0.2, 0.25) is 0 Å². The molecule has 2 unspecified atom stereocenters. The highest BCUT2D eigenvalue weighted by molar-refractivity contribution is 7.90. The van der Waals surface area contributed by atoms with E-state index in [0.29, 0.717) is 0 Å². The standard InChI is InChI=1S/C8H16N2O6S/c1-17(15,16)3-2-5(9)7(12)10-4-6(11)8(13)14/h5-6,11H,2-4,9H2,1H3,(H,10,12)(H,13,14). The third-order valence-corrected chi connectivity index (χ3v) is 2.87. The summed E-state index contributed by atoms with van der Waals surface area (Å²) in [5.74, 6) is -2.40. The summed E-state index contributed by atoms with van der Waals surface area (Å²) in [6.07, 6.45) is -0.749. The Morgan fingerprint density at radius 2 is 1.94 bits per heavy atom. The number of hydrogen-bond donors (Lipinski definition) is 4. The van der Waals surface area contributed by atoms with Crippen molar-refractivity contribution in [1.29, 1.82) is 0 Å². The number of amides is 1. The molecule has 0 aromatic carbocycles. The number of sulfone groups is 1. The van der Waals surface area contributed by atoms with Crippen molar-refractivity contribution < 1.29 is 28.2 Å². The van der Waals surface area contributed by atoms with Crippen LogP contribution in [0, 0.1) is 0 Å². The number of aliphatic hydroxyl groups is 1. The molecule has 0 aliphatic rings. The number of carbonyl (C=O) groups excluding carboxylic acids is 1. The smallest absolute Gasteiger partial charge is 0.334 e. The van der Waals surface area contributed by atoms with Crippen LogP contribution in [0.4, 0.5) is 0 Å². The second kappa shape index (κ2) is 6.52. The molecule has 0 aliphatic carbocycles. The summed E-state index contributed by atoms with van der Waals surface area (Å²) in [6, 6.07) is -1.05. The lowest BCUT2D eigenvalue weighted by atomic mass is 10.2. The number of nitrogens with two attached hydrogens (primary N) is 1.